The topological polar surface area (TPSA) is 47.7 Å². The van der Waals surface area contributed by atoms with Gasteiger partial charge in [-0.05, 0) is 38.6 Å². The molecule has 0 aromatic carbocycles. The lowest BCUT2D eigenvalue weighted by Crippen LogP contribution is -2.55. The fraction of sp³-hybridized carbons (Fsp3) is 1.00. The predicted octanol–water partition coefficient (Wildman–Crippen LogP) is 2.22. The van der Waals surface area contributed by atoms with E-state index in [1.165, 1.54) is 19.3 Å². The number of rotatable bonds is 10. The number of ether oxygens (including phenoxy) is 2. The molecule has 19 heavy (non-hydrogen) atoms. The van der Waals surface area contributed by atoms with E-state index in [0.29, 0.717) is 12.6 Å². The van der Waals surface area contributed by atoms with E-state index in [1.807, 2.05) is 0 Å². The second-order valence-corrected chi connectivity index (χ2v) is 6.41. The molecule has 0 radical (unpaired) electrons. The lowest BCUT2D eigenvalue weighted by Gasteiger charge is -2.43. The first-order valence-corrected chi connectivity index (χ1v) is 7.49. The Kier molecular flexibility index (Phi) is 6.74. The summed E-state index contributed by atoms with van der Waals surface area (Å²) in [6, 6.07) is 0.710. The van der Waals surface area contributed by atoms with Gasteiger partial charge in [-0.1, -0.05) is 13.8 Å². The zero-order chi connectivity index (χ0) is 14.5. The number of nitrogens with two attached hydrogens (primary N) is 1. The highest BCUT2D eigenvalue weighted by molar-refractivity contribution is 4.97. The molecular weight excluding hydrogens is 240 g/mol. The van der Waals surface area contributed by atoms with Crippen molar-refractivity contribution < 1.29 is 9.47 Å². The summed E-state index contributed by atoms with van der Waals surface area (Å²) in [6.45, 7) is 8.56. The lowest BCUT2D eigenvalue weighted by molar-refractivity contribution is -0.129. The van der Waals surface area contributed by atoms with Crippen LogP contribution in [0.2, 0.25) is 0 Å². The van der Waals surface area contributed by atoms with Gasteiger partial charge in [0.2, 0.25) is 0 Å². The zero-order valence-electron chi connectivity index (χ0n) is 13.3. The van der Waals surface area contributed by atoms with E-state index in [0.717, 1.165) is 18.9 Å². The Morgan fingerprint density at radius 2 is 1.84 bits per heavy atom. The summed E-state index contributed by atoms with van der Waals surface area (Å²) in [4.78, 5) is 2.60. The summed E-state index contributed by atoms with van der Waals surface area (Å²) in [6.07, 6.45) is 4.48. The van der Waals surface area contributed by atoms with Crippen molar-refractivity contribution in [3.8, 4) is 0 Å². The van der Waals surface area contributed by atoms with Crippen molar-refractivity contribution in [1.82, 2.24) is 4.90 Å². The highest BCUT2D eigenvalue weighted by Gasteiger charge is 2.41. The third-order valence-electron chi connectivity index (χ3n) is 4.20. The molecular formula is C15H32N2O2. The fourth-order valence-electron chi connectivity index (χ4n) is 2.62. The lowest BCUT2D eigenvalue weighted by atomic mass is 9.93. The van der Waals surface area contributed by atoms with E-state index in [-0.39, 0.29) is 11.8 Å². The molecule has 1 unspecified atom stereocenters. The molecule has 1 saturated carbocycles. The summed E-state index contributed by atoms with van der Waals surface area (Å²) >= 11 is 0. The molecule has 1 aliphatic carbocycles. The average molecular weight is 272 g/mol. The largest absolute Gasteiger partial charge is 0.356 e. The van der Waals surface area contributed by atoms with Crippen LogP contribution in [0.1, 0.15) is 46.5 Å². The van der Waals surface area contributed by atoms with Gasteiger partial charge in [0.05, 0.1) is 0 Å². The minimum Gasteiger partial charge on any atom is -0.356 e. The Labute approximate surface area is 118 Å². The van der Waals surface area contributed by atoms with Crippen LogP contribution in [0.3, 0.4) is 0 Å². The van der Waals surface area contributed by atoms with Gasteiger partial charge < -0.3 is 15.2 Å². The predicted molar refractivity (Wildman–Crippen MR) is 79.1 cm³/mol. The van der Waals surface area contributed by atoms with Crippen molar-refractivity contribution in [3.05, 3.63) is 0 Å². The summed E-state index contributed by atoms with van der Waals surface area (Å²) in [5.41, 5.74) is 6.05. The van der Waals surface area contributed by atoms with Crippen molar-refractivity contribution in [2.75, 3.05) is 27.3 Å². The summed E-state index contributed by atoms with van der Waals surface area (Å²) in [7, 11) is 3.39. The maximum absolute atomic E-state index is 6.08. The van der Waals surface area contributed by atoms with E-state index in [9.17, 15) is 0 Å². The smallest absolute Gasteiger partial charge is 0.158 e. The van der Waals surface area contributed by atoms with Gasteiger partial charge in [-0.15, -0.1) is 0 Å². The third kappa shape index (κ3) is 5.03. The molecule has 0 spiro atoms. The molecule has 1 rings (SSSR count). The molecule has 0 heterocycles. The van der Waals surface area contributed by atoms with Crippen molar-refractivity contribution in [1.29, 1.82) is 0 Å². The van der Waals surface area contributed by atoms with Crippen molar-refractivity contribution in [2.24, 2.45) is 11.7 Å². The Morgan fingerprint density at radius 3 is 2.21 bits per heavy atom. The first-order valence-electron chi connectivity index (χ1n) is 7.49. The zero-order valence-corrected chi connectivity index (χ0v) is 13.3. The summed E-state index contributed by atoms with van der Waals surface area (Å²) in [5, 5.41) is 0. The van der Waals surface area contributed by atoms with Crippen molar-refractivity contribution in [2.45, 2.75) is 64.3 Å². The van der Waals surface area contributed by atoms with E-state index in [1.54, 1.807) is 14.2 Å². The van der Waals surface area contributed by atoms with E-state index >= 15 is 0 Å². The molecule has 2 N–H and O–H groups in total. The molecule has 4 nitrogen and oxygen atoms in total. The molecule has 0 aromatic heterocycles. The van der Waals surface area contributed by atoms with Crippen LogP contribution in [0, 0.1) is 5.92 Å². The van der Waals surface area contributed by atoms with Gasteiger partial charge in [-0.3, -0.25) is 4.90 Å². The van der Waals surface area contributed by atoms with E-state index < -0.39 is 0 Å². The van der Waals surface area contributed by atoms with Gasteiger partial charge in [0.15, 0.2) is 6.29 Å². The quantitative estimate of drug-likeness (QED) is 0.620. The number of hydrogen-bond donors (Lipinski definition) is 1. The maximum Gasteiger partial charge on any atom is 0.158 e. The molecule has 1 aliphatic rings. The van der Waals surface area contributed by atoms with Gasteiger partial charge in [-0.25, -0.2) is 0 Å². The van der Waals surface area contributed by atoms with Crippen molar-refractivity contribution in [3.63, 3.8) is 0 Å². The number of nitrogens with zero attached hydrogens (tertiary/aromatic N) is 1. The Hall–Kier alpha value is -0.160. The molecule has 1 fully saturated rings. The molecule has 0 aromatic rings. The summed E-state index contributed by atoms with van der Waals surface area (Å²) in [5.74, 6) is 0.726. The van der Waals surface area contributed by atoms with Gasteiger partial charge >= 0.3 is 0 Å². The first kappa shape index (κ1) is 16.9. The Bertz CT molecular complexity index is 253. The van der Waals surface area contributed by atoms with Crippen LogP contribution < -0.4 is 5.73 Å². The maximum atomic E-state index is 6.08. The molecule has 0 bridgehead atoms. The first-order chi connectivity index (χ1) is 8.96. The van der Waals surface area contributed by atoms with Crippen LogP contribution >= 0.6 is 0 Å². The van der Waals surface area contributed by atoms with Gasteiger partial charge in [-0.2, -0.15) is 0 Å². The van der Waals surface area contributed by atoms with Gasteiger partial charge in [0.25, 0.3) is 0 Å². The second-order valence-electron chi connectivity index (χ2n) is 6.41. The summed E-state index contributed by atoms with van der Waals surface area (Å²) < 4.78 is 10.7. The average Bonchev–Trinajstić information content (AvgIpc) is 3.20. The monoisotopic (exact) mass is 272 g/mol. The molecule has 0 amide bonds. The van der Waals surface area contributed by atoms with Gasteiger partial charge in [0.1, 0.15) is 0 Å². The second kappa shape index (κ2) is 7.58. The van der Waals surface area contributed by atoms with Crippen molar-refractivity contribution >= 4 is 0 Å². The highest BCUT2D eigenvalue weighted by atomic mass is 16.7. The van der Waals surface area contributed by atoms with Crippen LogP contribution in [0.15, 0.2) is 0 Å². The van der Waals surface area contributed by atoms with E-state index in [2.05, 4.69) is 25.7 Å². The van der Waals surface area contributed by atoms with Gasteiger partial charge in [0, 0.05) is 38.8 Å². The van der Waals surface area contributed by atoms with Crippen LogP contribution in [0.25, 0.3) is 0 Å². The minimum absolute atomic E-state index is 0.0350. The fourth-order valence-corrected chi connectivity index (χ4v) is 2.62. The Morgan fingerprint density at radius 1 is 1.26 bits per heavy atom. The number of methoxy groups -OCH3 is 2. The highest BCUT2D eigenvalue weighted by Crippen LogP contribution is 2.35. The third-order valence-corrected chi connectivity index (χ3v) is 4.20. The molecule has 0 aliphatic heterocycles. The number of hydrogen-bond acceptors (Lipinski definition) is 4. The standard InChI is InChI=1S/C15H32N2O2/c1-12(2)8-9-17(13-6-7-13)15(3,11-16)10-14(18-4)19-5/h12-14H,6-11,16H2,1-5H3. The molecule has 4 heteroatoms. The van der Waals surface area contributed by atoms with Crippen LogP contribution in [0.4, 0.5) is 0 Å². The SMILES string of the molecule is COC(CC(C)(CN)N(CCC(C)C)C1CC1)OC. The van der Waals surface area contributed by atoms with E-state index in [4.69, 9.17) is 15.2 Å². The minimum atomic E-state index is -0.172. The molecule has 0 saturated heterocycles. The molecule has 114 valence electrons. The Balaban J connectivity index is 2.69. The molecule has 1 atom stereocenters. The van der Waals surface area contributed by atoms with Crippen LogP contribution in [-0.2, 0) is 9.47 Å². The van der Waals surface area contributed by atoms with Crippen LogP contribution in [-0.4, -0.2) is 50.1 Å². The normalized spacial score (nSPS) is 19.4. The van der Waals surface area contributed by atoms with Crippen LogP contribution in [0.5, 0.6) is 0 Å².